The maximum absolute atomic E-state index is 13.6. The molecule has 0 aromatic heterocycles. The molecule has 0 atom stereocenters. The summed E-state index contributed by atoms with van der Waals surface area (Å²) >= 11 is 0. The summed E-state index contributed by atoms with van der Waals surface area (Å²) in [6, 6.07) is 7.54. The fourth-order valence-electron chi connectivity index (χ4n) is 7.93. The zero-order chi connectivity index (χ0) is 23.3. The van der Waals surface area contributed by atoms with Crippen molar-refractivity contribution in [1.29, 1.82) is 0 Å². The van der Waals surface area contributed by atoms with Crippen molar-refractivity contribution in [3.05, 3.63) is 24.3 Å². The van der Waals surface area contributed by atoms with E-state index in [1.54, 1.807) is 4.90 Å². The average molecular weight is 465 g/mol. The molecular formula is C27H36N4O3. The van der Waals surface area contributed by atoms with Crippen LogP contribution in [0.1, 0.15) is 51.4 Å². The van der Waals surface area contributed by atoms with E-state index in [2.05, 4.69) is 15.1 Å². The van der Waals surface area contributed by atoms with Crippen LogP contribution < -0.4 is 10.2 Å². The predicted octanol–water partition coefficient (Wildman–Crippen LogP) is 3.11. The van der Waals surface area contributed by atoms with Gasteiger partial charge in [-0.15, -0.1) is 0 Å². The number of carbonyl (C=O) groups is 3. The SMILES string of the molecule is O=C(CN1CCN(C(=O)C23CC4CC(CC(C4)C2)C3)CC1)Nc1ccccc1N1CCCC1=O. The van der Waals surface area contributed by atoms with Gasteiger partial charge < -0.3 is 15.1 Å². The minimum Gasteiger partial charge on any atom is -0.340 e. The molecule has 4 saturated carbocycles. The zero-order valence-corrected chi connectivity index (χ0v) is 20.0. The van der Waals surface area contributed by atoms with Gasteiger partial charge in [0, 0.05) is 39.1 Å². The van der Waals surface area contributed by atoms with Crippen LogP contribution in [0.2, 0.25) is 0 Å². The van der Waals surface area contributed by atoms with E-state index in [4.69, 9.17) is 0 Å². The molecule has 1 aromatic rings. The fourth-order valence-corrected chi connectivity index (χ4v) is 7.93. The van der Waals surface area contributed by atoms with Crippen LogP contribution >= 0.6 is 0 Å². The van der Waals surface area contributed by atoms with Crippen molar-refractivity contribution < 1.29 is 14.4 Å². The van der Waals surface area contributed by atoms with Crippen molar-refractivity contribution in [2.24, 2.45) is 23.2 Å². The molecule has 7 rings (SSSR count). The average Bonchev–Trinajstić information content (AvgIpc) is 3.24. The third-order valence-corrected chi connectivity index (χ3v) is 9.06. The Balaban J connectivity index is 1.03. The minimum atomic E-state index is -0.0784. The lowest BCUT2D eigenvalue weighted by Gasteiger charge is -2.57. The van der Waals surface area contributed by atoms with Gasteiger partial charge in [-0.3, -0.25) is 19.3 Å². The van der Waals surface area contributed by atoms with E-state index < -0.39 is 0 Å². The van der Waals surface area contributed by atoms with Crippen molar-refractivity contribution in [2.75, 3.05) is 49.5 Å². The van der Waals surface area contributed by atoms with Crippen molar-refractivity contribution in [3.63, 3.8) is 0 Å². The lowest BCUT2D eigenvalue weighted by atomic mass is 9.49. The Bertz CT molecular complexity index is 949. The van der Waals surface area contributed by atoms with Gasteiger partial charge in [0.1, 0.15) is 0 Å². The molecule has 182 valence electrons. The summed E-state index contributed by atoms with van der Waals surface area (Å²) in [7, 11) is 0. The van der Waals surface area contributed by atoms with Crippen LogP contribution in [0.4, 0.5) is 11.4 Å². The van der Waals surface area contributed by atoms with Crippen LogP contribution in [0.25, 0.3) is 0 Å². The molecule has 3 amide bonds. The summed E-state index contributed by atoms with van der Waals surface area (Å²) in [6.45, 7) is 3.90. The van der Waals surface area contributed by atoms with Crippen molar-refractivity contribution in [1.82, 2.24) is 9.80 Å². The second kappa shape index (κ2) is 8.67. The number of anilines is 2. The monoisotopic (exact) mass is 464 g/mol. The number of amides is 3. The van der Waals surface area contributed by atoms with E-state index in [1.165, 1.54) is 19.3 Å². The van der Waals surface area contributed by atoms with E-state index in [-0.39, 0.29) is 17.2 Å². The number of nitrogens with one attached hydrogen (secondary N) is 1. The first-order valence-corrected chi connectivity index (χ1v) is 13.2. The Morgan fingerprint density at radius 3 is 2.18 bits per heavy atom. The second-order valence-corrected chi connectivity index (χ2v) is 11.5. The van der Waals surface area contributed by atoms with Gasteiger partial charge in [-0.25, -0.2) is 0 Å². The molecule has 2 aliphatic heterocycles. The summed E-state index contributed by atoms with van der Waals surface area (Å²) in [5, 5.41) is 3.02. The molecule has 2 heterocycles. The number of piperazine rings is 1. The minimum absolute atomic E-state index is 0.0695. The molecular weight excluding hydrogens is 428 g/mol. The highest BCUT2D eigenvalue weighted by atomic mass is 16.2. The van der Waals surface area contributed by atoms with Crippen LogP contribution in [-0.4, -0.2) is 66.8 Å². The van der Waals surface area contributed by atoms with Gasteiger partial charge in [0.15, 0.2) is 0 Å². The smallest absolute Gasteiger partial charge is 0.238 e. The van der Waals surface area contributed by atoms with Gasteiger partial charge in [-0.2, -0.15) is 0 Å². The molecule has 7 nitrogen and oxygen atoms in total. The largest absolute Gasteiger partial charge is 0.340 e. The molecule has 1 N–H and O–H groups in total. The zero-order valence-electron chi connectivity index (χ0n) is 20.0. The molecule has 0 spiro atoms. The van der Waals surface area contributed by atoms with E-state index >= 15 is 0 Å². The van der Waals surface area contributed by atoms with Crippen molar-refractivity contribution >= 4 is 29.1 Å². The highest BCUT2D eigenvalue weighted by molar-refractivity contribution is 6.02. The second-order valence-electron chi connectivity index (χ2n) is 11.5. The summed E-state index contributed by atoms with van der Waals surface area (Å²) < 4.78 is 0. The molecule has 6 aliphatic rings. The standard InChI is InChI=1S/C27H36N4O3/c32-24(28-22-4-1-2-5-23(22)31-7-3-6-25(31)33)18-29-8-10-30(11-9-29)26(34)27-15-19-12-20(16-27)14-21(13-19)17-27/h1-2,4-5,19-21H,3,6-18H2,(H,28,32). The first-order chi connectivity index (χ1) is 16.5. The number of carbonyl (C=O) groups excluding carboxylic acids is 3. The fraction of sp³-hybridized carbons (Fsp3) is 0.667. The molecule has 0 radical (unpaired) electrons. The summed E-state index contributed by atoms with van der Waals surface area (Å²) in [4.78, 5) is 44.6. The van der Waals surface area contributed by atoms with Crippen LogP contribution in [0.15, 0.2) is 24.3 Å². The molecule has 4 bridgehead atoms. The third-order valence-electron chi connectivity index (χ3n) is 9.06. The molecule has 2 saturated heterocycles. The van der Waals surface area contributed by atoms with Gasteiger partial charge in [0.05, 0.1) is 23.3 Å². The Hall–Kier alpha value is -2.41. The Labute approximate surface area is 201 Å². The molecule has 1 aromatic carbocycles. The van der Waals surface area contributed by atoms with Crippen LogP contribution in [0.3, 0.4) is 0 Å². The lowest BCUT2D eigenvalue weighted by Crippen LogP contribution is -2.58. The van der Waals surface area contributed by atoms with Crippen LogP contribution in [-0.2, 0) is 14.4 Å². The highest BCUT2D eigenvalue weighted by Gasteiger charge is 2.55. The summed E-state index contributed by atoms with van der Waals surface area (Å²) in [5.41, 5.74) is 1.40. The van der Waals surface area contributed by atoms with Gasteiger partial charge >= 0.3 is 0 Å². The number of nitrogens with zero attached hydrogens (tertiary/aromatic N) is 3. The van der Waals surface area contributed by atoms with Crippen LogP contribution in [0, 0.1) is 23.2 Å². The topological polar surface area (TPSA) is 73.0 Å². The van der Waals surface area contributed by atoms with Crippen molar-refractivity contribution in [3.8, 4) is 0 Å². The number of hydrogen-bond donors (Lipinski definition) is 1. The molecule has 34 heavy (non-hydrogen) atoms. The Morgan fingerprint density at radius 1 is 0.912 bits per heavy atom. The highest BCUT2D eigenvalue weighted by Crippen LogP contribution is 2.60. The molecule has 0 unspecified atom stereocenters. The maximum Gasteiger partial charge on any atom is 0.238 e. The number of para-hydroxylation sites is 2. The Kier molecular flexibility index (Phi) is 5.63. The normalized spacial score (nSPS) is 32.9. The van der Waals surface area contributed by atoms with Gasteiger partial charge in [-0.05, 0) is 74.8 Å². The van der Waals surface area contributed by atoms with Crippen molar-refractivity contribution in [2.45, 2.75) is 51.4 Å². The van der Waals surface area contributed by atoms with Crippen LogP contribution in [0.5, 0.6) is 0 Å². The van der Waals surface area contributed by atoms with E-state index in [9.17, 15) is 14.4 Å². The first-order valence-electron chi connectivity index (χ1n) is 13.2. The van der Waals surface area contributed by atoms with E-state index in [0.717, 1.165) is 62.2 Å². The molecule has 4 aliphatic carbocycles. The quantitative estimate of drug-likeness (QED) is 0.727. The lowest BCUT2D eigenvalue weighted by molar-refractivity contribution is -0.159. The van der Waals surface area contributed by atoms with Gasteiger partial charge in [-0.1, -0.05) is 12.1 Å². The maximum atomic E-state index is 13.6. The first kappa shape index (κ1) is 22.1. The molecule has 7 heteroatoms. The third kappa shape index (κ3) is 4.02. The Morgan fingerprint density at radius 2 is 1.56 bits per heavy atom. The predicted molar refractivity (Wildman–Crippen MR) is 130 cm³/mol. The summed E-state index contributed by atoms with van der Waals surface area (Å²) in [6.07, 6.45) is 8.81. The number of hydrogen-bond acceptors (Lipinski definition) is 4. The number of rotatable bonds is 5. The number of benzene rings is 1. The van der Waals surface area contributed by atoms with Gasteiger partial charge in [0.2, 0.25) is 17.7 Å². The summed E-state index contributed by atoms with van der Waals surface area (Å²) in [5.74, 6) is 2.78. The van der Waals surface area contributed by atoms with Gasteiger partial charge in [0.25, 0.3) is 0 Å². The molecule has 6 fully saturated rings. The van der Waals surface area contributed by atoms with E-state index in [0.29, 0.717) is 44.2 Å². The van der Waals surface area contributed by atoms with E-state index in [1.807, 2.05) is 24.3 Å².